The Hall–Kier alpha value is -3.27. The fourth-order valence-electron chi connectivity index (χ4n) is 2.85. The topological polar surface area (TPSA) is 63.4 Å². The molecule has 1 aromatic carbocycles. The Morgan fingerprint density at radius 2 is 2.10 bits per heavy atom. The van der Waals surface area contributed by atoms with Crippen LogP contribution in [-0.4, -0.2) is 37.2 Å². The van der Waals surface area contributed by atoms with Crippen LogP contribution >= 0.6 is 11.3 Å². The van der Waals surface area contributed by atoms with Gasteiger partial charge in [-0.15, -0.1) is 11.3 Å². The molecular formula is C19H14F3N5OS. The van der Waals surface area contributed by atoms with Crippen LogP contribution in [0, 0.1) is 0 Å². The predicted molar refractivity (Wildman–Crippen MR) is 101 cm³/mol. The van der Waals surface area contributed by atoms with Crippen molar-refractivity contribution < 1.29 is 18.0 Å². The van der Waals surface area contributed by atoms with Crippen molar-refractivity contribution in [3.63, 3.8) is 0 Å². The van der Waals surface area contributed by atoms with E-state index in [1.54, 1.807) is 47.7 Å². The molecule has 0 radical (unpaired) electrons. The zero-order chi connectivity index (χ0) is 20.6. The van der Waals surface area contributed by atoms with Crippen molar-refractivity contribution in [2.24, 2.45) is 0 Å². The third-order valence-corrected chi connectivity index (χ3v) is 5.12. The second-order valence-electron chi connectivity index (χ2n) is 6.34. The van der Waals surface area contributed by atoms with Gasteiger partial charge in [0.1, 0.15) is 5.69 Å². The summed E-state index contributed by atoms with van der Waals surface area (Å²) in [4.78, 5) is 27.4. The van der Waals surface area contributed by atoms with Gasteiger partial charge in [0.25, 0.3) is 5.91 Å². The molecule has 0 atom stereocenters. The molecule has 0 unspecified atom stereocenters. The summed E-state index contributed by atoms with van der Waals surface area (Å²) in [6.07, 6.45) is 1.82. The number of thiazole rings is 1. The number of fused-ring (bicyclic) bond motifs is 1. The van der Waals surface area contributed by atoms with Gasteiger partial charge in [-0.25, -0.2) is 4.98 Å². The Kier molecular flexibility index (Phi) is 4.79. The lowest BCUT2D eigenvalue weighted by atomic mass is 10.1. The van der Waals surface area contributed by atoms with E-state index in [9.17, 15) is 18.0 Å². The van der Waals surface area contributed by atoms with Gasteiger partial charge in [0.15, 0.2) is 4.96 Å². The Balaban J connectivity index is 1.63. The zero-order valence-electron chi connectivity index (χ0n) is 15.1. The molecule has 0 aliphatic rings. The van der Waals surface area contributed by atoms with Gasteiger partial charge in [0.2, 0.25) is 0 Å². The summed E-state index contributed by atoms with van der Waals surface area (Å²) in [6, 6.07) is 4.96. The van der Waals surface area contributed by atoms with E-state index in [-0.39, 0.29) is 12.5 Å². The average Bonchev–Trinajstić information content (AvgIpc) is 3.28. The molecule has 3 aromatic heterocycles. The first-order chi connectivity index (χ1) is 13.8. The summed E-state index contributed by atoms with van der Waals surface area (Å²) < 4.78 is 40.5. The van der Waals surface area contributed by atoms with Crippen LogP contribution in [0.5, 0.6) is 0 Å². The molecule has 148 valence electrons. The van der Waals surface area contributed by atoms with Crippen LogP contribution in [0.1, 0.15) is 21.7 Å². The highest BCUT2D eigenvalue weighted by atomic mass is 32.1. The maximum atomic E-state index is 13.0. The summed E-state index contributed by atoms with van der Waals surface area (Å²) in [5, 5.41) is 1.67. The molecule has 0 aliphatic heterocycles. The first-order valence-electron chi connectivity index (χ1n) is 8.47. The molecular weight excluding hydrogens is 403 g/mol. The number of hydrogen-bond donors (Lipinski definition) is 0. The second kappa shape index (κ2) is 7.28. The van der Waals surface area contributed by atoms with Gasteiger partial charge in [-0.2, -0.15) is 13.2 Å². The van der Waals surface area contributed by atoms with E-state index in [0.29, 0.717) is 27.6 Å². The molecule has 4 rings (SSSR count). The number of carbonyl (C=O) groups excluding carboxylic acids is 1. The molecule has 1 amide bonds. The highest BCUT2D eigenvalue weighted by Crippen LogP contribution is 2.32. The van der Waals surface area contributed by atoms with Crippen LogP contribution in [0.15, 0.2) is 54.4 Å². The van der Waals surface area contributed by atoms with Crippen molar-refractivity contribution in [1.29, 1.82) is 0 Å². The highest BCUT2D eigenvalue weighted by Gasteiger charge is 2.30. The van der Waals surface area contributed by atoms with Gasteiger partial charge in [-0.1, -0.05) is 12.1 Å². The van der Waals surface area contributed by atoms with E-state index in [1.807, 2.05) is 0 Å². The maximum absolute atomic E-state index is 13.0. The summed E-state index contributed by atoms with van der Waals surface area (Å²) in [6.45, 7) is 0.277. The normalized spacial score (nSPS) is 11.7. The van der Waals surface area contributed by atoms with Crippen molar-refractivity contribution in [3.8, 4) is 11.3 Å². The molecule has 0 aliphatic carbocycles. The molecule has 10 heteroatoms. The number of aromatic nitrogens is 4. The van der Waals surface area contributed by atoms with Crippen LogP contribution in [0.4, 0.5) is 13.2 Å². The van der Waals surface area contributed by atoms with Gasteiger partial charge in [-0.05, 0) is 12.1 Å². The first-order valence-corrected chi connectivity index (χ1v) is 9.35. The van der Waals surface area contributed by atoms with E-state index in [2.05, 4.69) is 15.0 Å². The smallest absolute Gasteiger partial charge is 0.334 e. The maximum Gasteiger partial charge on any atom is 0.416 e. The van der Waals surface area contributed by atoms with Crippen molar-refractivity contribution in [2.45, 2.75) is 12.7 Å². The molecule has 6 nitrogen and oxygen atoms in total. The van der Waals surface area contributed by atoms with Crippen LogP contribution < -0.4 is 0 Å². The van der Waals surface area contributed by atoms with Crippen LogP contribution in [-0.2, 0) is 12.7 Å². The van der Waals surface area contributed by atoms with E-state index >= 15 is 0 Å². The third kappa shape index (κ3) is 3.83. The first kappa shape index (κ1) is 19.1. The molecule has 0 bridgehead atoms. The Morgan fingerprint density at radius 3 is 2.83 bits per heavy atom. The number of halogens is 3. The number of rotatable bonds is 4. The molecule has 0 saturated heterocycles. The lowest BCUT2D eigenvalue weighted by Gasteiger charge is -2.15. The lowest BCUT2D eigenvalue weighted by molar-refractivity contribution is -0.137. The summed E-state index contributed by atoms with van der Waals surface area (Å²) in [7, 11) is 1.64. The fraction of sp³-hybridized carbons (Fsp3) is 0.158. The summed E-state index contributed by atoms with van der Waals surface area (Å²) in [5.41, 5.74) is 0.981. The standard InChI is InChI=1S/C19H14F3N5OS/c1-26(9-14-8-23-5-6-24-14)17(28)16-11-29-18-25-15(10-27(16)18)12-3-2-4-13(7-12)19(20,21)22/h2-8,10-11H,9H2,1H3. The minimum Gasteiger partial charge on any atom is -0.334 e. The van der Waals surface area contributed by atoms with Gasteiger partial charge >= 0.3 is 6.18 Å². The van der Waals surface area contributed by atoms with Crippen LogP contribution in [0.2, 0.25) is 0 Å². The number of carbonyl (C=O) groups is 1. The van der Waals surface area contributed by atoms with E-state index in [4.69, 9.17) is 0 Å². The minimum absolute atomic E-state index is 0.255. The van der Waals surface area contributed by atoms with Crippen molar-refractivity contribution in [1.82, 2.24) is 24.3 Å². The number of amides is 1. The number of imidazole rings is 1. The molecule has 29 heavy (non-hydrogen) atoms. The zero-order valence-corrected chi connectivity index (χ0v) is 15.9. The largest absolute Gasteiger partial charge is 0.416 e. The number of nitrogens with zero attached hydrogens (tertiary/aromatic N) is 5. The highest BCUT2D eigenvalue weighted by molar-refractivity contribution is 7.15. The predicted octanol–water partition coefficient (Wildman–Crippen LogP) is 4.14. The molecule has 0 saturated carbocycles. The summed E-state index contributed by atoms with van der Waals surface area (Å²) >= 11 is 1.25. The van der Waals surface area contributed by atoms with Crippen molar-refractivity contribution >= 4 is 22.2 Å². The molecule has 4 aromatic rings. The Bertz CT molecular complexity index is 1170. The Morgan fingerprint density at radius 1 is 1.28 bits per heavy atom. The quantitative estimate of drug-likeness (QED) is 0.501. The SMILES string of the molecule is CN(Cc1cnccn1)C(=O)c1csc2nc(-c3cccc(C(F)(F)F)c3)cn12. The number of hydrogen-bond acceptors (Lipinski definition) is 5. The van der Waals surface area contributed by atoms with Gasteiger partial charge in [0.05, 0.1) is 29.7 Å². The van der Waals surface area contributed by atoms with Crippen molar-refractivity contribution in [2.75, 3.05) is 7.05 Å². The van der Waals surface area contributed by atoms with E-state index < -0.39 is 11.7 Å². The minimum atomic E-state index is -4.43. The van der Waals surface area contributed by atoms with Crippen LogP contribution in [0.3, 0.4) is 0 Å². The molecule has 0 fully saturated rings. The second-order valence-corrected chi connectivity index (χ2v) is 7.17. The van der Waals surface area contributed by atoms with Gasteiger partial charge in [0, 0.05) is 36.6 Å². The summed E-state index contributed by atoms with van der Waals surface area (Å²) in [5.74, 6) is -0.255. The van der Waals surface area contributed by atoms with Gasteiger partial charge in [-0.3, -0.25) is 19.2 Å². The lowest BCUT2D eigenvalue weighted by Crippen LogP contribution is -2.27. The Labute approximate surface area is 167 Å². The molecule has 3 heterocycles. The van der Waals surface area contributed by atoms with Crippen LogP contribution in [0.25, 0.3) is 16.2 Å². The molecule has 0 spiro atoms. The number of benzene rings is 1. The van der Waals surface area contributed by atoms with E-state index in [0.717, 1.165) is 12.1 Å². The number of alkyl halides is 3. The molecule has 0 N–H and O–H groups in total. The van der Waals surface area contributed by atoms with Crippen molar-refractivity contribution in [3.05, 3.63) is 71.4 Å². The third-order valence-electron chi connectivity index (χ3n) is 4.28. The monoisotopic (exact) mass is 417 g/mol. The fourth-order valence-corrected chi connectivity index (χ4v) is 3.70. The van der Waals surface area contributed by atoms with E-state index in [1.165, 1.54) is 22.3 Å². The average molecular weight is 417 g/mol. The van der Waals surface area contributed by atoms with Gasteiger partial charge < -0.3 is 4.90 Å².